The molecule has 1 aromatic rings. The van der Waals surface area contributed by atoms with Crippen molar-refractivity contribution in [2.75, 3.05) is 0 Å². The SMILES string of the molecule is CC(NC1C2C3CCC(C3)C12)c1ccc(Br)cc1F. The quantitative estimate of drug-likeness (QED) is 0.875. The molecule has 0 aliphatic heterocycles. The van der Waals surface area contributed by atoms with E-state index in [-0.39, 0.29) is 11.9 Å². The maximum Gasteiger partial charge on any atom is 0.129 e. The molecule has 1 aromatic carbocycles. The highest BCUT2D eigenvalue weighted by atomic mass is 79.9. The van der Waals surface area contributed by atoms with Gasteiger partial charge in [0, 0.05) is 22.1 Å². The highest BCUT2D eigenvalue weighted by molar-refractivity contribution is 9.10. The topological polar surface area (TPSA) is 12.0 Å². The summed E-state index contributed by atoms with van der Waals surface area (Å²) in [5.41, 5.74) is 0.792. The van der Waals surface area contributed by atoms with Crippen LogP contribution in [0.25, 0.3) is 0 Å². The molecule has 3 heteroatoms. The molecule has 1 N–H and O–H groups in total. The Labute approximate surface area is 122 Å². The Bertz CT molecular complexity index is 501. The molecule has 5 unspecified atom stereocenters. The molecule has 3 aliphatic rings. The van der Waals surface area contributed by atoms with Gasteiger partial charge in [-0.25, -0.2) is 4.39 Å². The van der Waals surface area contributed by atoms with Crippen LogP contribution in [0.5, 0.6) is 0 Å². The van der Waals surface area contributed by atoms with Crippen LogP contribution in [0, 0.1) is 29.5 Å². The molecular formula is C16H19BrFN. The van der Waals surface area contributed by atoms with Crippen LogP contribution < -0.4 is 5.32 Å². The Balaban J connectivity index is 1.46. The average Bonchev–Trinajstić information content (AvgIpc) is 2.78. The van der Waals surface area contributed by atoms with Crippen molar-refractivity contribution in [3.8, 4) is 0 Å². The summed E-state index contributed by atoms with van der Waals surface area (Å²) in [6.07, 6.45) is 4.34. The van der Waals surface area contributed by atoms with Crippen molar-refractivity contribution in [3.63, 3.8) is 0 Å². The number of hydrogen-bond donors (Lipinski definition) is 1. The minimum absolute atomic E-state index is 0.108. The number of hydrogen-bond acceptors (Lipinski definition) is 1. The molecule has 0 radical (unpaired) electrons. The molecule has 3 fully saturated rings. The van der Waals surface area contributed by atoms with E-state index in [1.54, 1.807) is 6.07 Å². The van der Waals surface area contributed by atoms with Crippen LogP contribution in [-0.4, -0.2) is 6.04 Å². The monoisotopic (exact) mass is 323 g/mol. The number of fused-ring (bicyclic) bond motifs is 5. The normalized spacial score (nSPS) is 40.3. The molecule has 19 heavy (non-hydrogen) atoms. The van der Waals surface area contributed by atoms with Gasteiger partial charge in [-0.05, 0) is 62.0 Å². The summed E-state index contributed by atoms with van der Waals surface area (Å²) in [5, 5.41) is 3.68. The maximum atomic E-state index is 14.0. The zero-order valence-electron chi connectivity index (χ0n) is 11.1. The summed E-state index contributed by atoms with van der Waals surface area (Å²) in [6.45, 7) is 2.09. The first-order valence-electron chi connectivity index (χ1n) is 7.36. The minimum atomic E-state index is -0.108. The van der Waals surface area contributed by atoms with Gasteiger partial charge in [0.05, 0.1) is 0 Å². The van der Waals surface area contributed by atoms with Gasteiger partial charge in [-0.15, -0.1) is 0 Å². The molecule has 4 rings (SSSR count). The molecule has 3 saturated carbocycles. The van der Waals surface area contributed by atoms with Crippen molar-refractivity contribution >= 4 is 15.9 Å². The largest absolute Gasteiger partial charge is 0.307 e. The highest BCUT2D eigenvalue weighted by Crippen LogP contribution is 2.65. The van der Waals surface area contributed by atoms with Crippen LogP contribution in [0.3, 0.4) is 0 Å². The first kappa shape index (κ1) is 12.3. The summed E-state index contributed by atoms with van der Waals surface area (Å²) >= 11 is 3.31. The van der Waals surface area contributed by atoms with E-state index in [1.165, 1.54) is 19.3 Å². The Morgan fingerprint density at radius 1 is 1.26 bits per heavy atom. The molecular weight excluding hydrogens is 305 g/mol. The second kappa shape index (κ2) is 4.29. The van der Waals surface area contributed by atoms with Crippen molar-refractivity contribution in [2.24, 2.45) is 23.7 Å². The predicted molar refractivity (Wildman–Crippen MR) is 77.2 cm³/mol. The number of benzene rings is 1. The van der Waals surface area contributed by atoms with Gasteiger partial charge in [-0.2, -0.15) is 0 Å². The lowest BCUT2D eigenvalue weighted by Crippen LogP contribution is -2.26. The Kier molecular flexibility index (Phi) is 2.79. The smallest absolute Gasteiger partial charge is 0.129 e. The van der Waals surface area contributed by atoms with Gasteiger partial charge in [0.25, 0.3) is 0 Å². The molecule has 102 valence electrons. The van der Waals surface area contributed by atoms with Crippen molar-refractivity contribution in [3.05, 3.63) is 34.1 Å². The van der Waals surface area contributed by atoms with Crippen LogP contribution in [0.1, 0.15) is 37.8 Å². The molecule has 0 aromatic heterocycles. The lowest BCUT2D eigenvalue weighted by molar-refractivity contribution is 0.426. The zero-order chi connectivity index (χ0) is 13.1. The summed E-state index contributed by atoms with van der Waals surface area (Å²) in [5.74, 6) is 3.63. The molecule has 0 heterocycles. The third-order valence-corrected chi connectivity index (χ3v) is 6.10. The van der Waals surface area contributed by atoms with E-state index in [0.717, 1.165) is 33.7 Å². The third kappa shape index (κ3) is 1.89. The lowest BCUT2D eigenvalue weighted by atomic mass is 10.0. The van der Waals surface area contributed by atoms with E-state index in [1.807, 2.05) is 12.1 Å². The summed E-state index contributed by atoms with van der Waals surface area (Å²) in [6, 6.07) is 6.15. The first-order valence-corrected chi connectivity index (χ1v) is 8.15. The number of rotatable bonds is 3. The van der Waals surface area contributed by atoms with Gasteiger partial charge >= 0.3 is 0 Å². The van der Waals surface area contributed by atoms with Gasteiger partial charge in [-0.3, -0.25) is 0 Å². The maximum absolute atomic E-state index is 14.0. The summed E-state index contributed by atoms with van der Waals surface area (Å²) < 4.78 is 14.8. The van der Waals surface area contributed by atoms with Crippen LogP contribution in [0.15, 0.2) is 22.7 Å². The van der Waals surface area contributed by atoms with E-state index in [2.05, 4.69) is 28.2 Å². The second-order valence-corrected chi connectivity index (χ2v) is 7.48. The van der Waals surface area contributed by atoms with Gasteiger partial charge in [0.15, 0.2) is 0 Å². The molecule has 2 bridgehead atoms. The van der Waals surface area contributed by atoms with Crippen LogP contribution in [0.4, 0.5) is 4.39 Å². The Morgan fingerprint density at radius 2 is 1.95 bits per heavy atom. The average molecular weight is 324 g/mol. The fourth-order valence-electron chi connectivity index (χ4n) is 4.78. The number of nitrogens with one attached hydrogen (secondary N) is 1. The standard InChI is InChI=1S/C16H19BrFN/c1-8(12-5-4-11(17)7-13(12)18)19-16-14-9-2-3-10(6-9)15(14)16/h4-5,7-10,14-16,19H,2-3,6H2,1H3. The van der Waals surface area contributed by atoms with Crippen LogP contribution >= 0.6 is 15.9 Å². The minimum Gasteiger partial charge on any atom is -0.307 e. The Hall–Kier alpha value is -0.410. The zero-order valence-corrected chi connectivity index (χ0v) is 12.7. The van der Waals surface area contributed by atoms with E-state index in [0.29, 0.717) is 6.04 Å². The van der Waals surface area contributed by atoms with E-state index in [4.69, 9.17) is 0 Å². The Morgan fingerprint density at radius 3 is 2.58 bits per heavy atom. The predicted octanol–water partition coefficient (Wildman–Crippen LogP) is 4.28. The van der Waals surface area contributed by atoms with Crippen molar-refractivity contribution in [1.82, 2.24) is 5.32 Å². The van der Waals surface area contributed by atoms with Crippen molar-refractivity contribution < 1.29 is 4.39 Å². The first-order chi connectivity index (χ1) is 9.15. The summed E-state index contributed by atoms with van der Waals surface area (Å²) in [4.78, 5) is 0. The van der Waals surface area contributed by atoms with E-state index < -0.39 is 0 Å². The van der Waals surface area contributed by atoms with Crippen molar-refractivity contribution in [2.45, 2.75) is 38.3 Å². The van der Waals surface area contributed by atoms with Crippen molar-refractivity contribution in [1.29, 1.82) is 0 Å². The summed E-state index contributed by atoms with van der Waals surface area (Å²) in [7, 11) is 0. The van der Waals surface area contributed by atoms with Gasteiger partial charge in [0.1, 0.15) is 5.82 Å². The fourth-order valence-corrected chi connectivity index (χ4v) is 5.11. The van der Waals surface area contributed by atoms with E-state index in [9.17, 15) is 4.39 Å². The number of halogens is 2. The third-order valence-electron chi connectivity index (χ3n) is 5.61. The van der Waals surface area contributed by atoms with Crippen LogP contribution in [0.2, 0.25) is 0 Å². The molecule has 5 atom stereocenters. The van der Waals surface area contributed by atoms with Gasteiger partial charge in [-0.1, -0.05) is 22.0 Å². The van der Waals surface area contributed by atoms with Gasteiger partial charge < -0.3 is 5.32 Å². The fraction of sp³-hybridized carbons (Fsp3) is 0.625. The highest BCUT2D eigenvalue weighted by Gasteiger charge is 2.64. The molecule has 0 amide bonds. The lowest BCUT2D eigenvalue weighted by Gasteiger charge is -2.18. The molecule has 0 saturated heterocycles. The van der Waals surface area contributed by atoms with Crippen LogP contribution in [-0.2, 0) is 0 Å². The molecule has 3 aliphatic carbocycles. The molecule has 0 spiro atoms. The van der Waals surface area contributed by atoms with E-state index >= 15 is 0 Å². The van der Waals surface area contributed by atoms with Gasteiger partial charge in [0.2, 0.25) is 0 Å². The molecule has 1 nitrogen and oxygen atoms in total. The second-order valence-electron chi connectivity index (χ2n) is 6.57.